The lowest BCUT2D eigenvalue weighted by Gasteiger charge is -2.18. The van der Waals surface area contributed by atoms with Gasteiger partial charge in [-0.05, 0) is 32.8 Å². The van der Waals surface area contributed by atoms with Crippen LogP contribution in [0.15, 0.2) is 34.9 Å². The number of benzene rings is 1. The average Bonchev–Trinajstić information content (AvgIpc) is 2.88. The van der Waals surface area contributed by atoms with Crippen molar-refractivity contribution in [2.24, 2.45) is 0 Å². The molecule has 0 aliphatic carbocycles. The van der Waals surface area contributed by atoms with Crippen LogP contribution in [-0.4, -0.2) is 30.9 Å². The fourth-order valence-corrected chi connectivity index (χ4v) is 2.62. The van der Waals surface area contributed by atoms with Gasteiger partial charge in [0.05, 0.1) is 11.8 Å². The van der Waals surface area contributed by atoms with Crippen LogP contribution in [0.5, 0.6) is 0 Å². The van der Waals surface area contributed by atoms with Crippen molar-refractivity contribution in [2.75, 3.05) is 13.7 Å². The topological polar surface area (TPSA) is 76.4 Å². The van der Waals surface area contributed by atoms with Gasteiger partial charge < -0.3 is 19.9 Å². The lowest BCUT2D eigenvalue weighted by atomic mass is 10.1. The number of nitrogens with zero attached hydrogens (tertiary/aromatic N) is 1. The van der Waals surface area contributed by atoms with E-state index in [-0.39, 0.29) is 18.2 Å². The number of carbonyl (C=O) groups is 1. The molecule has 1 heterocycles. The molecule has 2 rings (SSSR count). The summed E-state index contributed by atoms with van der Waals surface area (Å²) in [5.41, 5.74) is 2.94. The summed E-state index contributed by atoms with van der Waals surface area (Å²) in [6.45, 7) is 6.15. The normalized spacial score (nSPS) is 13.3. The third-order valence-electron chi connectivity index (χ3n) is 3.97. The van der Waals surface area contributed by atoms with E-state index in [1.165, 1.54) is 0 Å². The van der Waals surface area contributed by atoms with Crippen LogP contribution >= 0.6 is 0 Å². The number of aryl methyl sites for hydroxylation is 2. The van der Waals surface area contributed by atoms with Gasteiger partial charge in [0.2, 0.25) is 0 Å². The summed E-state index contributed by atoms with van der Waals surface area (Å²) in [4.78, 5) is 12.1. The van der Waals surface area contributed by atoms with Crippen LogP contribution in [0.4, 0.5) is 4.79 Å². The van der Waals surface area contributed by atoms with Crippen LogP contribution in [0.1, 0.15) is 35.6 Å². The Morgan fingerprint density at radius 3 is 2.58 bits per heavy atom. The molecule has 2 N–H and O–H groups in total. The number of aromatic nitrogens is 1. The second kappa shape index (κ2) is 8.49. The van der Waals surface area contributed by atoms with Crippen LogP contribution in [0, 0.1) is 13.8 Å². The standard InChI is InChI=1S/C18H25N3O3/c1-12(10-16-13(2)21-24-14(16)3)20-18(22)19-11-17(23-4)15-8-6-5-7-9-15/h5-9,12,17H,10-11H2,1-4H3,(H2,19,20,22)/t12-,17-/m1/s1. The number of ether oxygens (including phenoxy) is 1. The highest BCUT2D eigenvalue weighted by molar-refractivity contribution is 5.74. The molecule has 2 atom stereocenters. The molecule has 2 amide bonds. The first-order chi connectivity index (χ1) is 11.5. The van der Waals surface area contributed by atoms with Gasteiger partial charge in [0, 0.05) is 25.3 Å². The van der Waals surface area contributed by atoms with E-state index in [2.05, 4.69) is 15.8 Å². The lowest BCUT2D eigenvalue weighted by molar-refractivity contribution is 0.104. The Bertz CT molecular complexity index is 635. The second-order valence-electron chi connectivity index (χ2n) is 5.90. The molecule has 1 aromatic carbocycles. The highest BCUT2D eigenvalue weighted by atomic mass is 16.5. The zero-order valence-corrected chi connectivity index (χ0v) is 14.6. The van der Waals surface area contributed by atoms with Crippen molar-refractivity contribution in [3.63, 3.8) is 0 Å². The summed E-state index contributed by atoms with van der Waals surface area (Å²) >= 11 is 0. The minimum Gasteiger partial charge on any atom is -0.375 e. The maximum absolute atomic E-state index is 12.1. The van der Waals surface area contributed by atoms with Crippen molar-refractivity contribution in [1.82, 2.24) is 15.8 Å². The van der Waals surface area contributed by atoms with Crippen LogP contribution in [-0.2, 0) is 11.2 Å². The highest BCUT2D eigenvalue weighted by Gasteiger charge is 2.16. The van der Waals surface area contributed by atoms with Gasteiger partial charge in [0.25, 0.3) is 0 Å². The summed E-state index contributed by atoms with van der Waals surface area (Å²) in [5.74, 6) is 0.796. The summed E-state index contributed by atoms with van der Waals surface area (Å²) in [6.07, 6.45) is 0.510. The molecule has 1 aromatic heterocycles. The Morgan fingerprint density at radius 1 is 1.29 bits per heavy atom. The molecule has 0 radical (unpaired) electrons. The lowest BCUT2D eigenvalue weighted by Crippen LogP contribution is -2.43. The van der Waals surface area contributed by atoms with E-state index in [1.54, 1.807) is 7.11 Å². The summed E-state index contributed by atoms with van der Waals surface area (Å²) < 4.78 is 10.6. The molecule has 130 valence electrons. The van der Waals surface area contributed by atoms with E-state index in [0.717, 1.165) is 22.6 Å². The van der Waals surface area contributed by atoms with Crippen LogP contribution in [0.2, 0.25) is 0 Å². The first kappa shape index (κ1) is 18.0. The third-order valence-corrected chi connectivity index (χ3v) is 3.97. The molecule has 2 aromatic rings. The van der Waals surface area contributed by atoms with Crippen LogP contribution in [0.3, 0.4) is 0 Å². The molecule has 6 nitrogen and oxygen atoms in total. The number of rotatable bonds is 7. The molecular weight excluding hydrogens is 306 g/mol. The summed E-state index contributed by atoms with van der Waals surface area (Å²) in [7, 11) is 1.64. The van der Waals surface area contributed by atoms with Crippen molar-refractivity contribution in [3.8, 4) is 0 Å². The predicted octanol–water partition coefficient (Wildman–Crippen LogP) is 2.91. The Labute approximate surface area is 142 Å². The summed E-state index contributed by atoms with van der Waals surface area (Å²) in [6, 6.07) is 9.57. The van der Waals surface area contributed by atoms with Gasteiger partial charge >= 0.3 is 6.03 Å². The van der Waals surface area contributed by atoms with Crippen LogP contribution < -0.4 is 10.6 Å². The van der Waals surface area contributed by atoms with E-state index in [9.17, 15) is 4.79 Å². The first-order valence-corrected chi connectivity index (χ1v) is 8.05. The van der Waals surface area contributed by atoms with Gasteiger partial charge in [-0.3, -0.25) is 0 Å². The van der Waals surface area contributed by atoms with Gasteiger partial charge in [-0.25, -0.2) is 4.79 Å². The van der Waals surface area contributed by atoms with Gasteiger partial charge in [0.15, 0.2) is 0 Å². The summed E-state index contributed by atoms with van der Waals surface area (Å²) in [5, 5.41) is 9.72. The van der Waals surface area contributed by atoms with Crippen molar-refractivity contribution in [2.45, 2.75) is 39.3 Å². The molecule has 6 heteroatoms. The number of hydrogen-bond donors (Lipinski definition) is 2. The van der Waals surface area contributed by atoms with E-state index in [4.69, 9.17) is 9.26 Å². The Balaban J connectivity index is 1.82. The molecule has 0 bridgehead atoms. The first-order valence-electron chi connectivity index (χ1n) is 8.05. The monoisotopic (exact) mass is 331 g/mol. The van der Waals surface area contributed by atoms with Gasteiger partial charge in [0.1, 0.15) is 5.76 Å². The van der Waals surface area contributed by atoms with Gasteiger partial charge in [-0.1, -0.05) is 35.5 Å². The minimum atomic E-state index is -0.216. The SMILES string of the molecule is CO[C@H](CNC(=O)N[C@H](C)Cc1c(C)noc1C)c1ccccc1. The van der Waals surface area contributed by atoms with E-state index >= 15 is 0 Å². The molecule has 0 unspecified atom stereocenters. The van der Waals surface area contributed by atoms with Gasteiger partial charge in [-0.2, -0.15) is 0 Å². The van der Waals surface area contributed by atoms with Gasteiger partial charge in [-0.15, -0.1) is 0 Å². The molecule has 0 aliphatic heterocycles. The van der Waals surface area contributed by atoms with Crippen molar-refractivity contribution >= 4 is 6.03 Å². The average molecular weight is 331 g/mol. The Kier molecular flexibility index (Phi) is 6.37. The smallest absolute Gasteiger partial charge is 0.315 e. The fourth-order valence-electron chi connectivity index (χ4n) is 2.62. The molecule has 0 saturated carbocycles. The van der Waals surface area contributed by atoms with Crippen molar-refractivity contribution in [3.05, 3.63) is 52.9 Å². The number of carbonyl (C=O) groups excluding carboxylic acids is 1. The van der Waals surface area contributed by atoms with E-state index in [0.29, 0.717) is 13.0 Å². The van der Waals surface area contributed by atoms with Crippen LogP contribution in [0.25, 0.3) is 0 Å². The number of urea groups is 1. The zero-order chi connectivity index (χ0) is 17.5. The zero-order valence-electron chi connectivity index (χ0n) is 14.6. The molecule has 0 aliphatic rings. The molecular formula is C18H25N3O3. The molecule has 0 spiro atoms. The Hall–Kier alpha value is -2.34. The number of nitrogens with one attached hydrogen (secondary N) is 2. The third kappa shape index (κ3) is 4.83. The minimum absolute atomic E-state index is 0.0282. The van der Waals surface area contributed by atoms with E-state index in [1.807, 2.05) is 51.1 Å². The quantitative estimate of drug-likeness (QED) is 0.818. The largest absolute Gasteiger partial charge is 0.375 e. The number of amides is 2. The van der Waals surface area contributed by atoms with Crippen molar-refractivity contribution < 1.29 is 14.1 Å². The molecule has 0 saturated heterocycles. The van der Waals surface area contributed by atoms with Crippen molar-refractivity contribution in [1.29, 1.82) is 0 Å². The molecule has 0 fully saturated rings. The maximum Gasteiger partial charge on any atom is 0.315 e. The number of hydrogen-bond acceptors (Lipinski definition) is 4. The molecule has 24 heavy (non-hydrogen) atoms. The predicted molar refractivity (Wildman–Crippen MR) is 91.9 cm³/mol. The number of methoxy groups -OCH3 is 1. The van der Waals surface area contributed by atoms with E-state index < -0.39 is 0 Å². The maximum atomic E-state index is 12.1. The Morgan fingerprint density at radius 2 is 2.00 bits per heavy atom. The highest BCUT2D eigenvalue weighted by Crippen LogP contribution is 2.15. The second-order valence-corrected chi connectivity index (χ2v) is 5.90. The fraction of sp³-hybridized carbons (Fsp3) is 0.444.